The largest absolute Gasteiger partial charge is 0.471 e. The molecule has 1 N–H and O–H groups in total. The lowest BCUT2D eigenvalue weighted by Gasteiger charge is -2.26. The van der Waals surface area contributed by atoms with Crippen LogP contribution in [0.1, 0.15) is 16.9 Å². The van der Waals surface area contributed by atoms with Crippen LogP contribution in [-0.4, -0.2) is 60.0 Å². The van der Waals surface area contributed by atoms with Crippen molar-refractivity contribution >= 4 is 17.5 Å². The Hall–Kier alpha value is -2.09. The Morgan fingerprint density at radius 1 is 1.23 bits per heavy atom. The first-order valence-electron chi connectivity index (χ1n) is 8.71. The van der Waals surface area contributed by atoms with Gasteiger partial charge in [-0.2, -0.15) is 5.10 Å². The van der Waals surface area contributed by atoms with Gasteiger partial charge in [0.15, 0.2) is 6.73 Å². The highest BCUT2D eigenvalue weighted by atomic mass is 35.5. The molecule has 26 heavy (non-hydrogen) atoms. The van der Waals surface area contributed by atoms with Gasteiger partial charge in [-0.25, -0.2) is 4.68 Å². The van der Waals surface area contributed by atoms with Gasteiger partial charge >= 0.3 is 0 Å². The summed E-state index contributed by atoms with van der Waals surface area (Å²) in [5, 5.41) is 7.74. The molecule has 7 nitrogen and oxygen atoms in total. The van der Waals surface area contributed by atoms with Crippen LogP contribution in [0.4, 0.5) is 0 Å². The molecule has 1 aromatic heterocycles. The molecule has 1 aliphatic rings. The molecule has 1 amide bonds. The first kappa shape index (κ1) is 18.7. The number of hydrogen-bond acceptors (Lipinski definition) is 5. The van der Waals surface area contributed by atoms with Crippen molar-refractivity contribution in [2.75, 3.05) is 39.4 Å². The van der Waals surface area contributed by atoms with Gasteiger partial charge < -0.3 is 14.8 Å². The third-order valence-electron chi connectivity index (χ3n) is 4.16. The zero-order valence-corrected chi connectivity index (χ0v) is 15.3. The second-order valence-corrected chi connectivity index (χ2v) is 6.44. The summed E-state index contributed by atoms with van der Waals surface area (Å²) in [6, 6.07) is 8.74. The second-order valence-electron chi connectivity index (χ2n) is 6.01. The molecule has 140 valence electrons. The number of amides is 1. The number of nitrogens with zero attached hydrogens (tertiary/aromatic N) is 3. The van der Waals surface area contributed by atoms with Crippen molar-refractivity contribution in [3.63, 3.8) is 0 Å². The maximum atomic E-state index is 12.4. The zero-order valence-electron chi connectivity index (χ0n) is 14.6. The van der Waals surface area contributed by atoms with E-state index in [0.29, 0.717) is 23.0 Å². The number of halogens is 1. The molecular formula is C18H23ClN4O3. The standard InChI is InChI=1S/C18H23ClN4O3/c19-15-2-4-16(5-3-15)26-14-23-17(6-8-21-23)18(24)20-7-1-9-22-10-12-25-13-11-22/h2-6,8H,1,7,9-14H2,(H,20,24). The van der Waals surface area contributed by atoms with E-state index in [1.807, 2.05) is 0 Å². The van der Waals surface area contributed by atoms with E-state index in [9.17, 15) is 4.79 Å². The van der Waals surface area contributed by atoms with Crippen LogP contribution in [0.2, 0.25) is 5.02 Å². The Balaban J connectivity index is 1.43. The lowest BCUT2D eigenvalue weighted by molar-refractivity contribution is 0.0374. The maximum Gasteiger partial charge on any atom is 0.269 e. The average molecular weight is 379 g/mol. The summed E-state index contributed by atoms with van der Waals surface area (Å²) in [5.74, 6) is 0.519. The van der Waals surface area contributed by atoms with Crippen molar-refractivity contribution in [1.82, 2.24) is 20.0 Å². The number of nitrogens with one attached hydrogen (secondary N) is 1. The molecule has 8 heteroatoms. The van der Waals surface area contributed by atoms with Crippen molar-refractivity contribution in [1.29, 1.82) is 0 Å². The Morgan fingerprint density at radius 3 is 2.77 bits per heavy atom. The summed E-state index contributed by atoms with van der Waals surface area (Å²) >= 11 is 5.85. The summed E-state index contributed by atoms with van der Waals surface area (Å²) in [5.41, 5.74) is 0.477. The van der Waals surface area contributed by atoms with Gasteiger partial charge in [0, 0.05) is 30.9 Å². The molecule has 0 radical (unpaired) electrons. The molecule has 0 spiro atoms. The minimum atomic E-state index is -0.149. The van der Waals surface area contributed by atoms with Crippen molar-refractivity contribution in [3.05, 3.63) is 47.2 Å². The average Bonchev–Trinajstić information content (AvgIpc) is 3.14. The molecule has 0 bridgehead atoms. The molecule has 0 aliphatic carbocycles. The first-order chi connectivity index (χ1) is 12.7. The summed E-state index contributed by atoms with van der Waals surface area (Å²) in [7, 11) is 0. The second kappa shape index (κ2) is 9.56. The fourth-order valence-electron chi connectivity index (χ4n) is 2.71. The Morgan fingerprint density at radius 2 is 2.00 bits per heavy atom. The topological polar surface area (TPSA) is 68.6 Å². The molecule has 0 saturated carbocycles. The third kappa shape index (κ3) is 5.45. The summed E-state index contributed by atoms with van der Waals surface area (Å²) in [4.78, 5) is 14.7. The lowest BCUT2D eigenvalue weighted by atomic mass is 10.3. The molecular weight excluding hydrogens is 356 g/mol. The predicted molar refractivity (Wildman–Crippen MR) is 98.5 cm³/mol. The molecule has 1 saturated heterocycles. The van der Waals surface area contributed by atoms with Gasteiger partial charge in [0.2, 0.25) is 0 Å². The van der Waals surface area contributed by atoms with Crippen LogP contribution in [0.3, 0.4) is 0 Å². The van der Waals surface area contributed by atoms with Crippen LogP contribution in [0.15, 0.2) is 36.5 Å². The van der Waals surface area contributed by atoms with Gasteiger partial charge in [-0.05, 0) is 43.3 Å². The van der Waals surface area contributed by atoms with Crippen LogP contribution in [0.5, 0.6) is 5.75 Å². The van der Waals surface area contributed by atoms with E-state index < -0.39 is 0 Å². The number of rotatable bonds is 8. The van der Waals surface area contributed by atoms with Crippen molar-refractivity contribution in [3.8, 4) is 5.75 Å². The number of hydrogen-bond donors (Lipinski definition) is 1. The van der Waals surface area contributed by atoms with Crippen molar-refractivity contribution in [2.45, 2.75) is 13.2 Å². The predicted octanol–water partition coefficient (Wildman–Crippen LogP) is 2.03. The summed E-state index contributed by atoms with van der Waals surface area (Å²) in [6.45, 7) is 5.25. The van der Waals surface area contributed by atoms with E-state index in [2.05, 4.69) is 15.3 Å². The minimum absolute atomic E-state index is 0.149. The number of carbonyl (C=O) groups excluding carboxylic acids is 1. The Kier molecular flexibility index (Phi) is 6.88. The van der Waals surface area contributed by atoms with E-state index >= 15 is 0 Å². The molecule has 0 atom stereocenters. The van der Waals surface area contributed by atoms with E-state index in [0.717, 1.165) is 39.3 Å². The van der Waals surface area contributed by atoms with E-state index in [1.165, 1.54) is 4.68 Å². The van der Waals surface area contributed by atoms with Gasteiger partial charge in [-0.15, -0.1) is 0 Å². The van der Waals surface area contributed by atoms with Gasteiger partial charge in [-0.1, -0.05) is 11.6 Å². The highest BCUT2D eigenvalue weighted by molar-refractivity contribution is 6.30. The van der Waals surface area contributed by atoms with E-state index in [-0.39, 0.29) is 12.6 Å². The van der Waals surface area contributed by atoms with Crippen LogP contribution in [-0.2, 0) is 11.5 Å². The molecule has 2 aromatic rings. The number of benzene rings is 1. The third-order valence-corrected chi connectivity index (χ3v) is 4.41. The van der Waals surface area contributed by atoms with Crippen LogP contribution >= 0.6 is 11.6 Å². The van der Waals surface area contributed by atoms with Gasteiger partial charge in [0.25, 0.3) is 5.91 Å². The molecule has 1 aromatic carbocycles. The SMILES string of the molecule is O=C(NCCCN1CCOCC1)c1ccnn1COc1ccc(Cl)cc1. The van der Waals surface area contributed by atoms with Gasteiger partial charge in [0.1, 0.15) is 11.4 Å². The van der Waals surface area contributed by atoms with E-state index in [4.69, 9.17) is 21.1 Å². The number of morpholine rings is 1. The number of ether oxygens (including phenoxy) is 2. The van der Waals surface area contributed by atoms with Crippen LogP contribution in [0, 0.1) is 0 Å². The summed E-state index contributed by atoms with van der Waals surface area (Å²) < 4.78 is 12.5. The van der Waals surface area contributed by atoms with E-state index in [1.54, 1.807) is 36.5 Å². The van der Waals surface area contributed by atoms with Crippen LogP contribution in [0.25, 0.3) is 0 Å². The highest BCUT2D eigenvalue weighted by Crippen LogP contribution is 2.16. The fraction of sp³-hybridized carbons (Fsp3) is 0.444. The molecule has 2 heterocycles. The van der Waals surface area contributed by atoms with Crippen molar-refractivity contribution < 1.29 is 14.3 Å². The molecule has 0 unspecified atom stereocenters. The monoisotopic (exact) mass is 378 g/mol. The quantitative estimate of drug-likeness (QED) is 0.712. The fourth-order valence-corrected chi connectivity index (χ4v) is 2.84. The maximum absolute atomic E-state index is 12.4. The summed E-state index contributed by atoms with van der Waals surface area (Å²) in [6.07, 6.45) is 2.50. The highest BCUT2D eigenvalue weighted by Gasteiger charge is 2.13. The first-order valence-corrected chi connectivity index (χ1v) is 9.08. The molecule has 1 fully saturated rings. The molecule has 1 aliphatic heterocycles. The Bertz CT molecular complexity index is 699. The van der Waals surface area contributed by atoms with Crippen molar-refractivity contribution in [2.24, 2.45) is 0 Å². The Labute approximate surface area is 157 Å². The van der Waals surface area contributed by atoms with Gasteiger partial charge in [-0.3, -0.25) is 9.69 Å². The number of aromatic nitrogens is 2. The van der Waals surface area contributed by atoms with Crippen LogP contribution < -0.4 is 10.1 Å². The number of carbonyl (C=O) groups is 1. The molecule has 3 rings (SSSR count). The lowest BCUT2D eigenvalue weighted by Crippen LogP contribution is -2.38. The zero-order chi connectivity index (χ0) is 18.2. The minimum Gasteiger partial charge on any atom is -0.471 e. The normalized spacial score (nSPS) is 15.0. The smallest absolute Gasteiger partial charge is 0.269 e. The van der Waals surface area contributed by atoms with Gasteiger partial charge in [0.05, 0.1) is 13.2 Å².